The van der Waals surface area contributed by atoms with Crippen LogP contribution in [0.1, 0.15) is 13.8 Å². The van der Waals surface area contributed by atoms with Gasteiger partial charge < -0.3 is 5.32 Å². The molecule has 1 aromatic heterocycles. The second-order valence-electron chi connectivity index (χ2n) is 4.33. The van der Waals surface area contributed by atoms with Crippen molar-refractivity contribution in [3.05, 3.63) is 30.0 Å². The molecule has 6 heteroatoms. The first kappa shape index (κ1) is 14.7. The van der Waals surface area contributed by atoms with Crippen LogP contribution in [0.15, 0.2) is 34.9 Å². The molecule has 0 fully saturated rings. The molecule has 0 bridgehead atoms. The fourth-order valence-corrected chi connectivity index (χ4v) is 2.06. The molecule has 0 aliphatic carbocycles. The SMILES string of the molecule is CC(C)=CCNc1ccc(S(=O)(=O)N(C)C)cn1. The van der Waals surface area contributed by atoms with Crippen molar-refractivity contribution in [1.82, 2.24) is 9.29 Å². The molecule has 5 nitrogen and oxygen atoms in total. The second-order valence-corrected chi connectivity index (χ2v) is 6.48. The summed E-state index contributed by atoms with van der Waals surface area (Å²) in [7, 11) is -0.404. The van der Waals surface area contributed by atoms with Gasteiger partial charge in [0.25, 0.3) is 0 Å². The van der Waals surface area contributed by atoms with Crippen LogP contribution >= 0.6 is 0 Å². The number of hydrogen-bond donors (Lipinski definition) is 1. The van der Waals surface area contributed by atoms with Gasteiger partial charge in [-0.25, -0.2) is 17.7 Å². The van der Waals surface area contributed by atoms with Crippen LogP contribution in [0.25, 0.3) is 0 Å². The lowest BCUT2D eigenvalue weighted by Gasteiger charge is -2.11. The first-order chi connectivity index (χ1) is 8.34. The Kier molecular flexibility index (Phi) is 4.86. The summed E-state index contributed by atoms with van der Waals surface area (Å²) in [5, 5.41) is 3.09. The third-order valence-electron chi connectivity index (χ3n) is 2.31. The van der Waals surface area contributed by atoms with Crippen molar-refractivity contribution in [2.75, 3.05) is 26.0 Å². The Labute approximate surface area is 109 Å². The predicted molar refractivity (Wildman–Crippen MR) is 73.0 cm³/mol. The van der Waals surface area contributed by atoms with E-state index in [0.29, 0.717) is 12.4 Å². The molecule has 0 aliphatic heterocycles. The quantitative estimate of drug-likeness (QED) is 0.827. The van der Waals surface area contributed by atoms with E-state index in [1.807, 2.05) is 19.9 Å². The van der Waals surface area contributed by atoms with Gasteiger partial charge in [-0.3, -0.25) is 0 Å². The minimum atomic E-state index is -3.40. The number of aromatic nitrogens is 1. The summed E-state index contributed by atoms with van der Waals surface area (Å²) < 4.78 is 24.8. The number of pyridine rings is 1. The summed E-state index contributed by atoms with van der Waals surface area (Å²) in [6, 6.07) is 3.21. The van der Waals surface area contributed by atoms with Crippen molar-refractivity contribution < 1.29 is 8.42 Å². The highest BCUT2D eigenvalue weighted by atomic mass is 32.2. The number of hydrogen-bond acceptors (Lipinski definition) is 4. The molecule has 100 valence electrons. The van der Waals surface area contributed by atoms with Gasteiger partial charge in [0.15, 0.2) is 0 Å². The van der Waals surface area contributed by atoms with Gasteiger partial charge in [-0.1, -0.05) is 11.6 Å². The number of rotatable bonds is 5. The Morgan fingerprint density at radius 2 is 2.06 bits per heavy atom. The first-order valence-corrected chi connectivity index (χ1v) is 7.04. The van der Waals surface area contributed by atoms with Crippen LogP contribution in [0.3, 0.4) is 0 Å². The maximum Gasteiger partial charge on any atom is 0.244 e. The maximum atomic E-state index is 11.8. The number of nitrogens with one attached hydrogen (secondary N) is 1. The monoisotopic (exact) mass is 269 g/mol. The lowest BCUT2D eigenvalue weighted by molar-refractivity contribution is 0.520. The van der Waals surface area contributed by atoms with Crippen molar-refractivity contribution >= 4 is 15.8 Å². The molecule has 0 spiro atoms. The van der Waals surface area contributed by atoms with E-state index in [1.165, 1.54) is 30.2 Å². The van der Waals surface area contributed by atoms with E-state index in [1.54, 1.807) is 12.1 Å². The van der Waals surface area contributed by atoms with Crippen LogP contribution in [-0.2, 0) is 10.0 Å². The summed E-state index contributed by atoms with van der Waals surface area (Å²) in [5.74, 6) is 0.658. The van der Waals surface area contributed by atoms with Crippen LogP contribution in [0.2, 0.25) is 0 Å². The summed E-state index contributed by atoms with van der Waals surface area (Å²) >= 11 is 0. The van der Waals surface area contributed by atoms with Gasteiger partial charge >= 0.3 is 0 Å². The molecule has 0 aliphatic rings. The van der Waals surface area contributed by atoms with Crippen molar-refractivity contribution in [2.24, 2.45) is 0 Å². The van der Waals surface area contributed by atoms with Crippen LogP contribution in [0, 0.1) is 0 Å². The second kappa shape index (κ2) is 5.97. The molecule has 0 radical (unpaired) electrons. The standard InChI is InChI=1S/C12H19N3O2S/c1-10(2)7-8-13-12-6-5-11(9-14-12)18(16,17)15(3)4/h5-7,9H,8H2,1-4H3,(H,13,14). The molecule has 0 aromatic carbocycles. The smallest absolute Gasteiger partial charge is 0.244 e. The van der Waals surface area contributed by atoms with Crippen LogP contribution < -0.4 is 5.32 Å². The molecule has 1 heterocycles. The molecule has 1 rings (SSSR count). The molecule has 1 aromatic rings. The number of anilines is 1. The lowest BCUT2D eigenvalue weighted by atomic mass is 10.3. The number of sulfonamides is 1. The van der Waals surface area contributed by atoms with Crippen molar-refractivity contribution in [3.63, 3.8) is 0 Å². The van der Waals surface area contributed by atoms with E-state index in [4.69, 9.17) is 0 Å². The highest BCUT2D eigenvalue weighted by molar-refractivity contribution is 7.89. The van der Waals surface area contributed by atoms with Gasteiger partial charge in [0.1, 0.15) is 10.7 Å². The predicted octanol–water partition coefficient (Wildman–Crippen LogP) is 1.71. The summed E-state index contributed by atoms with van der Waals surface area (Å²) in [4.78, 5) is 4.27. The van der Waals surface area contributed by atoms with Gasteiger partial charge in [-0.2, -0.15) is 0 Å². The van der Waals surface area contributed by atoms with Crippen LogP contribution in [0.4, 0.5) is 5.82 Å². The fraction of sp³-hybridized carbons (Fsp3) is 0.417. The van der Waals surface area contributed by atoms with Gasteiger partial charge in [0.2, 0.25) is 10.0 Å². The Bertz CT molecular complexity index is 515. The molecule has 0 saturated carbocycles. The normalized spacial score (nSPS) is 11.4. The van der Waals surface area contributed by atoms with Gasteiger partial charge in [0, 0.05) is 26.8 Å². The molecule has 18 heavy (non-hydrogen) atoms. The topological polar surface area (TPSA) is 62.3 Å². The Hall–Kier alpha value is -1.40. The van der Waals surface area contributed by atoms with E-state index in [9.17, 15) is 8.42 Å². The zero-order valence-corrected chi connectivity index (χ0v) is 12.0. The Morgan fingerprint density at radius 3 is 2.50 bits per heavy atom. The lowest BCUT2D eigenvalue weighted by Crippen LogP contribution is -2.22. The molecular formula is C12H19N3O2S. The van der Waals surface area contributed by atoms with Crippen molar-refractivity contribution in [2.45, 2.75) is 18.7 Å². The van der Waals surface area contributed by atoms with Crippen molar-refractivity contribution in [1.29, 1.82) is 0 Å². The minimum absolute atomic E-state index is 0.195. The van der Waals surface area contributed by atoms with E-state index in [2.05, 4.69) is 10.3 Å². The highest BCUT2D eigenvalue weighted by Crippen LogP contribution is 2.13. The van der Waals surface area contributed by atoms with E-state index >= 15 is 0 Å². The third kappa shape index (κ3) is 3.82. The van der Waals surface area contributed by atoms with Crippen molar-refractivity contribution in [3.8, 4) is 0 Å². The zero-order chi connectivity index (χ0) is 13.8. The zero-order valence-electron chi connectivity index (χ0n) is 11.1. The summed E-state index contributed by atoms with van der Waals surface area (Å²) in [6.45, 7) is 4.71. The average Bonchev–Trinajstić information content (AvgIpc) is 2.29. The van der Waals surface area contributed by atoms with Crippen LogP contribution in [-0.4, -0.2) is 38.3 Å². The maximum absolute atomic E-state index is 11.8. The molecule has 0 amide bonds. The van der Waals surface area contributed by atoms with Crippen LogP contribution in [0.5, 0.6) is 0 Å². The Balaban J connectivity index is 2.78. The molecule has 0 saturated heterocycles. The summed E-state index contributed by atoms with van der Waals surface area (Å²) in [6.07, 6.45) is 3.40. The molecule has 1 N–H and O–H groups in total. The average molecular weight is 269 g/mol. The van der Waals surface area contributed by atoms with Gasteiger partial charge in [-0.05, 0) is 26.0 Å². The minimum Gasteiger partial charge on any atom is -0.367 e. The summed E-state index contributed by atoms with van der Waals surface area (Å²) in [5.41, 5.74) is 1.22. The van der Waals surface area contributed by atoms with Gasteiger partial charge in [0.05, 0.1) is 0 Å². The largest absolute Gasteiger partial charge is 0.367 e. The van der Waals surface area contributed by atoms with E-state index in [-0.39, 0.29) is 4.90 Å². The van der Waals surface area contributed by atoms with Gasteiger partial charge in [-0.15, -0.1) is 0 Å². The molecule has 0 unspecified atom stereocenters. The highest BCUT2D eigenvalue weighted by Gasteiger charge is 2.16. The van der Waals surface area contributed by atoms with E-state index < -0.39 is 10.0 Å². The molecule has 0 atom stereocenters. The number of allylic oxidation sites excluding steroid dienone is 1. The first-order valence-electron chi connectivity index (χ1n) is 5.60. The number of nitrogens with zero attached hydrogens (tertiary/aromatic N) is 2. The fourth-order valence-electron chi connectivity index (χ4n) is 1.21. The Morgan fingerprint density at radius 1 is 1.39 bits per heavy atom. The third-order valence-corrected chi connectivity index (χ3v) is 4.11. The van der Waals surface area contributed by atoms with E-state index in [0.717, 1.165) is 0 Å². The molecular weight excluding hydrogens is 250 g/mol.